The molecule has 0 aromatic heterocycles. The topological polar surface area (TPSA) is 305 Å². The molecule has 0 aliphatic carbocycles. The van der Waals surface area contributed by atoms with Crippen molar-refractivity contribution in [2.75, 3.05) is 13.1 Å². The summed E-state index contributed by atoms with van der Waals surface area (Å²) < 4.78 is 0. The van der Waals surface area contributed by atoms with E-state index in [2.05, 4.69) is 31.3 Å². The van der Waals surface area contributed by atoms with Crippen LogP contribution >= 0.6 is 0 Å². The molecule has 0 unspecified atom stereocenters. The lowest BCUT2D eigenvalue weighted by Gasteiger charge is -2.26. The molecule has 1 aromatic carbocycles. The number of hydrogen-bond acceptors (Lipinski definition) is 8. The van der Waals surface area contributed by atoms with Crippen molar-refractivity contribution in [2.45, 2.75) is 76.0 Å². The molecule has 4 atom stereocenters. The summed E-state index contributed by atoms with van der Waals surface area (Å²) in [5.74, 6) is -3.53. The summed E-state index contributed by atoms with van der Waals surface area (Å²) in [6.07, 6.45) is 1.33. The van der Waals surface area contributed by atoms with E-state index in [1.54, 1.807) is 30.3 Å². The van der Waals surface area contributed by atoms with Gasteiger partial charge in [0.2, 0.25) is 29.5 Å². The Bertz CT molecular complexity index is 1200. The Labute approximate surface area is 261 Å². The summed E-state index contributed by atoms with van der Waals surface area (Å²) in [6.45, 7) is 1.60. The molecule has 5 amide bonds. The van der Waals surface area contributed by atoms with Gasteiger partial charge in [-0.15, -0.1) is 0 Å². The number of guanidine groups is 2. The number of benzene rings is 1. The molecule has 0 aliphatic heterocycles. The smallest absolute Gasteiger partial charge is 0.243 e. The second-order valence-electron chi connectivity index (χ2n) is 10.2. The molecule has 1 rings (SSSR count). The van der Waals surface area contributed by atoms with Crippen molar-refractivity contribution in [3.8, 4) is 0 Å². The Hall–Kier alpha value is -5.22. The summed E-state index contributed by atoms with van der Waals surface area (Å²) in [5.41, 5.74) is 27.3. The van der Waals surface area contributed by atoms with E-state index >= 15 is 0 Å². The number of nitrogens with two attached hydrogens (primary N) is 5. The van der Waals surface area contributed by atoms with Crippen molar-refractivity contribution in [3.63, 3.8) is 0 Å². The zero-order valence-corrected chi connectivity index (χ0v) is 25.4. The van der Waals surface area contributed by atoms with Crippen LogP contribution in [0.5, 0.6) is 0 Å². The number of hydrogen-bond donors (Lipinski definition) is 9. The number of aldehydes is 1. The van der Waals surface area contributed by atoms with Crippen LogP contribution in [-0.2, 0) is 35.2 Å². The van der Waals surface area contributed by atoms with Gasteiger partial charge in [0.05, 0.1) is 6.04 Å². The van der Waals surface area contributed by atoms with Crippen LogP contribution in [0.1, 0.15) is 51.0 Å². The fourth-order valence-electron chi connectivity index (χ4n) is 4.15. The Morgan fingerprint density at radius 3 is 1.73 bits per heavy atom. The zero-order valence-electron chi connectivity index (χ0n) is 25.4. The molecule has 0 bridgehead atoms. The van der Waals surface area contributed by atoms with Crippen LogP contribution in [0.4, 0.5) is 0 Å². The predicted octanol–water partition coefficient (Wildman–Crippen LogP) is -3.24. The predicted molar refractivity (Wildman–Crippen MR) is 168 cm³/mol. The van der Waals surface area contributed by atoms with E-state index in [-0.39, 0.29) is 63.5 Å². The molecular formula is C28H45N11O6. The Balaban J connectivity index is 3.20. The molecule has 0 aliphatic rings. The van der Waals surface area contributed by atoms with E-state index in [0.717, 1.165) is 5.56 Å². The highest BCUT2D eigenvalue weighted by molar-refractivity contribution is 5.94. The van der Waals surface area contributed by atoms with Crippen LogP contribution in [0.15, 0.2) is 40.3 Å². The summed E-state index contributed by atoms with van der Waals surface area (Å²) in [5, 5.41) is 10.3. The van der Waals surface area contributed by atoms with Crippen molar-refractivity contribution in [1.82, 2.24) is 21.3 Å². The maximum absolute atomic E-state index is 13.6. The van der Waals surface area contributed by atoms with Gasteiger partial charge >= 0.3 is 0 Å². The monoisotopic (exact) mass is 631 g/mol. The first kappa shape index (κ1) is 37.8. The first-order chi connectivity index (χ1) is 21.3. The summed E-state index contributed by atoms with van der Waals surface area (Å²) in [4.78, 5) is 82.6. The molecule has 0 radical (unpaired) electrons. The molecule has 17 heteroatoms. The molecule has 0 heterocycles. The Morgan fingerprint density at radius 2 is 1.22 bits per heavy atom. The van der Waals surface area contributed by atoms with Gasteiger partial charge in [-0.2, -0.15) is 0 Å². The summed E-state index contributed by atoms with van der Waals surface area (Å²) >= 11 is 0. The van der Waals surface area contributed by atoms with E-state index in [1.165, 1.54) is 6.92 Å². The third-order valence-electron chi connectivity index (χ3n) is 6.33. The molecule has 1 aromatic rings. The quantitative estimate of drug-likeness (QED) is 0.0282. The highest BCUT2D eigenvalue weighted by Crippen LogP contribution is 2.08. The average molecular weight is 632 g/mol. The molecule has 45 heavy (non-hydrogen) atoms. The van der Waals surface area contributed by atoms with Gasteiger partial charge in [-0.3, -0.25) is 34.0 Å². The highest BCUT2D eigenvalue weighted by Gasteiger charge is 2.30. The second-order valence-corrected chi connectivity index (χ2v) is 10.2. The highest BCUT2D eigenvalue weighted by atomic mass is 16.2. The lowest BCUT2D eigenvalue weighted by Crippen LogP contribution is -2.57. The average Bonchev–Trinajstić information content (AvgIpc) is 2.97. The first-order valence-electron chi connectivity index (χ1n) is 14.4. The van der Waals surface area contributed by atoms with Gasteiger partial charge in [0.15, 0.2) is 11.9 Å². The lowest BCUT2D eigenvalue weighted by atomic mass is 10.0. The molecule has 14 N–H and O–H groups in total. The van der Waals surface area contributed by atoms with E-state index in [9.17, 15) is 28.8 Å². The van der Waals surface area contributed by atoms with Crippen LogP contribution in [0.3, 0.4) is 0 Å². The van der Waals surface area contributed by atoms with Gasteiger partial charge in [0.25, 0.3) is 0 Å². The Kier molecular flexibility index (Phi) is 17.3. The van der Waals surface area contributed by atoms with Gasteiger partial charge in [0, 0.05) is 32.9 Å². The maximum Gasteiger partial charge on any atom is 0.243 e. The number of rotatable bonds is 21. The van der Waals surface area contributed by atoms with Gasteiger partial charge in [0.1, 0.15) is 24.4 Å². The third-order valence-corrected chi connectivity index (χ3v) is 6.33. The fourth-order valence-corrected chi connectivity index (χ4v) is 4.15. The number of carbonyl (C=O) groups is 6. The Morgan fingerprint density at radius 1 is 0.711 bits per heavy atom. The SMILES string of the molecule is CC(=O)N[C@@H](CCC(N)=O)C(=O)N[C@@H](CCCN=C(N)N)C(=O)N[C@@H](Cc1ccccc1)C(=O)N[C@H](C=O)CCCN=C(N)N. The van der Waals surface area contributed by atoms with Gasteiger partial charge < -0.3 is 54.7 Å². The first-order valence-corrected chi connectivity index (χ1v) is 14.4. The third kappa shape index (κ3) is 16.9. The standard InChI is InChI=1S/C28H45N11O6/c1-17(41)36-21(11-12-23(29)42)25(44)38-20(10-6-14-35-28(32)33)24(43)39-22(15-18-7-3-2-4-8-18)26(45)37-19(16-40)9-5-13-34-27(30)31/h2-4,7-8,16,19-22H,5-6,9-15H2,1H3,(H2,29,42)(H,36,41)(H,37,45)(H,38,44)(H,39,43)(H4,30,31,34)(H4,32,33,35)/t19-,20-,21-,22-/m0/s1. The van der Waals surface area contributed by atoms with Crippen molar-refractivity contribution in [3.05, 3.63) is 35.9 Å². The fraction of sp³-hybridized carbons (Fsp3) is 0.500. The number of nitrogens with zero attached hydrogens (tertiary/aromatic N) is 2. The van der Waals surface area contributed by atoms with Crippen molar-refractivity contribution >= 4 is 47.7 Å². The molecule has 248 valence electrons. The van der Waals surface area contributed by atoms with Gasteiger partial charge in [-0.25, -0.2) is 0 Å². The number of carbonyl (C=O) groups excluding carboxylic acids is 6. The van der Waals surface area contributed by atoms with Crippen LogP contribution in [0.25, 0.3) is 0 Å². The van der Waals surface area contributed by atoms with E-state index in [1.807, 2.05) is 0 Å². The number of amides is 5. The lowest BCUT2D eigenvalue weighted by molar-refractivity contribution is -0.134. The second kappa shape index (κ2) is 20.6. The van der Waals surface area contributed by atoms with Gasteiger partial charge in [-0.05, 0) is 37.7 Å². The summed E-state index contributed by atoms with van der Waals surface area (Å²) in [7, 11) is 0. The molecular weight excluding hydrogens is 586 g/mol. The maximum atomic E-state index is 13.6. The number of aliphatic imine (C=N–C) groups is 2. The normalized spacial score (nSPS) is 13.1. The number of nitrogens with one attached hydrogen (secondary N) is 4. The van der Waals surface area contributed by atoms with Crippen molar-refractivity contribution in [2.24, 2.45) is 38.7 Å². The molecule has 17 nitrogen and oxygen atoms in total. The molecule has 0 saturated carbocycles. The molecule has 0 spiro atoms. The van der Waals surface area contributed by atoms with Crippen LogP contribution in [0.2, 0.25) is 0 Å². The molecule has 0 fully saturated rings. The number of primary amides is 1. The van der Waals surface area contributed by atoms with E-state index in [0.29, 0.717) is 12.7 Å². The minimum absolute atomic E-state index is 0.0540. The van der Waals surface area contributed by atoms with Crippen LogP contribution in [-0.4, -0.2) is 85.0 Å². The largest absolute Gasteiger partial charge is 0.370 e. The van der Waals surface area contributed by atoms with Crippen molar-refractivity contribution in [1.29, 1.82) is 0 Å². The van der Waals surface area contributed by atoms with Crippen LogP contribution in [0, 0.1) is 0 Å². The van der Waals surface area contributed by atoms with E-state index < -0.39 is 53.7 Å². The minimum Gasteiger partial charge on any atom is -0.370 e. The summed E-state index contributed by atoms with van der Waals surface area (Å²) in [6, 6.07) is 4.51. The van der Waals surface area contributed by atoms with Crippen molar-refractivity contribution < 1.29 is 28.8 Å². The van der Waals surface area contributed by atoms with E-state index in [4.69, 9.17) is 28.7 Å². The van der Waals surface area contributed by atoms with Crippen LogP contribution < -0.4 is 49.9 Å². The minimum atomic E-state index is -1.19. The zero-order chi connectivity index (χ0) is 33.8. The molecule has 0 saturated heterocycles. The van der Waals surface area contributed by atoms with Gasteiger partial charge in [-0.1, -0.05) is 30.3 Å².